The zero-order chi connectivity index (χ0) is 14.8. The number of piperazine rings is 1. The Morgan fingerprint density at radius 3 is 2.71 bits per heavy atom. The molecule has 112 valence electrons. The number of hydrogen-bond acceptors (Lipinski definition) is 3. The molecule has 3 unspecified atom stereocenters. The van der Waals surface area contributed by atoms with Crippen molar-refractivity contribution in [2.75, 3.05) is 12.3 Å². The maximum Gasteiger partial charge on any atom is 0.248 e. The van der Waals surface area contributed by atoms with E-state index < -0.39 is 12.1 Å². The fourth-order valence-electron chi connectivity index (χ4n) is 3.04. The van der Waals surface area contributed by atoms with E-state index in [1.807, 2.05) is 42.1 Å². The summed E-state index contributed by atoms with van der Waals surface area (Å²) in [7, 11) is 0. The van der Waals surface area contributed by atoms with Crippen LogP contribution in [0.4, 0.5) is 0 Å². The van der Waals surface area contributed by atoms with Gasteiger partial charge in [-0.3, -0.25) is 9.59 Å². The van der Waals surface area contributed by atoms with Crippen LogP contribution in [0.1, 0.15) is 31.4 Å². The first-order valence-corrected chi connectivity index (χ1v) is 8.49. The van der Waals surface area contributed by atoms with Gasteiger partial charge in [-0.1, -0.05) is 30.3 Å². The fraction of sp³-hybridized carbons (Fsp3) is 0.500. The highest BCUT2D eigenvalue weighted by atomic mass is 32.2. The van der Waals surface area contributed by atoms with Crippen molar-refractivity contribution in [1.29, 1.82) is 0 Å². The second kappa shape index (κ2) is 6.10. The van der Waals surface area contributed by atoms with Crippen molar-refractivity contribution >= 4 is 23.6 Å². The van der Waals surface area contributed by atoms with Crippen molar-refractivity contribution in [3.05, 3.63) is 35.9 Å². The number of rotatable bonds is 3. The zero-order valence-electron chi connectivity index (χ0n) is 12.1. The van der Waals surface area contributed by atoms with Gasteiger partial charge < -0.3 is 10.2 Å². The van der Waals surface area contributed by atoms with Crippen LogP contribution >= 0.6 is 11.8 Å². The van der Waals surface area contributed by atoms with Gasteiger partial charge in [0.2, 0.25) is 11.8 Å². The Hall–Kier alpha value is -1.49. The topological polar surface area (TPSA) is 49.4 Å². The molecule has 2 saturated heterocycles. The van der Waals surface area contributed by atoms with Gasteiger partial charge in [-0.15, -0.1) is 0 Å². The Balaban J connectivity index is 1.88. The minimum Gasteiger partial charge on any atom is -0.342 e. The standard InChI is InChI=1S/C16H20N2O2S/c1-11-16(20)18(10-13-8-5-9-21-13)14(15(19)17-11)12-6-3-2-4-7-12/h2-4,6-7,11,13-14H,5,8-10H2,1H3,(H,17,19). The van der Waals surface area contributed by atoms with Crippen LogP contribution in [0.15, 0.2) is 30.3 Å². The van der Waals surface area contributed by atoms with Gasteiger partial charge in [0.25, 0.3) is 0 Å². The molecule has 2 fully saturated rings. The molecule has 5 heteroatoms. The van der Waals surface area contributed by atoms with Gasteiger partial charge in [0.15, 0.2) is 0 Å². The number of benzene rings is 1. The van der Waals surface area contributed by atoms with Crippen molar-refractivity contribution in [2.24, 2.45) is 0 Å². The zero-order valence-corrected chi connectivity index (χ0v) is 12.9. The minimum absolute atomic E-state index is 0.0240. The Kier molecular flexibility index (Phi) is 4.19. The third-order valence-electron chi connectivity index (χ3n) is 4.11. The molecular weight excluding hydrogens is 284 g/mol. The van der Waals surface area contributed by atoms with Crippen molar-refractivity contribution < 1.29 is 9.59 Å². The maximum atomic E-state index is 12.5. The summed E-state index contributed by atoms with van der Waals surface area (Å²) in [6.45, 7) is 2.43. The SMILES string of the molecule is CC1NC(=O)C(c2ccccc2)N(CC2CCCS2)C1=O. The molecule has 0 aromatic heterocycles. The molecule has 1 aromatic carbocycles. The Bertz CT molecular complexity index is 528. The average molecular weight is 304 g/mol. The van der Waals surface area contributed by atoms with Crippen LogP contribution in [0, 0.1) is 0 Å². The number of nitrogens with zero attached hydrogens (tertiary/aromatic N) is 1. The van der Waals surface area contributed by atoms with Crippen LogP contribution in [0.25, 0.3) is 0 Å². The Morgan fingerprint density at radius 1 is 1.29 bits per heavy atom. The van der Waals surface area contributed by atoms with Gasteiger partial charge in [-0.05, 0) is 31.1 Å². The predicted molar refractivity (Wildman–Crippen MR) is 84.0 cm³/mol. The lowest BCUT2D eigenvalue weighted by molar-refractivity contribution is -0.149. The molecule has 3 rings (SSSR count). The van der Waals surface area contributed by atoms with Crippen molar-refractivity contribution in [3.63, 3.8) is 0 Å². The molecule has 2 aliphatic heterocycles. The predicted octanol–water partition coefficient (Wildman–Crippen LogP) is 1.97. The highest BCUT2D eigenvalue weighted by Crippen LogP contribution is 2.31. The molecule has 1 N–H and O–H groups in total. The van der Waals surface area contributed by atoms with Crippen molar-refractivity contribution in [2.45, 2.75) is 37.1 Å². The number of thioether (sulfide) groups is 1. The Labute approximate surface area is 129 Å². The number of amides is 2. The monoisotopic (exact) mass is 304 g/mol. The summed E-state index contributed by atoms with van der Waals surface area (Å²) >= 11 is 1.91. The number of nitrogens with one attached hydrogen (secondary N) is 1. The van der Waals surface area contributed by atoms with Gasteiger partial charge in [0.1, 0.15) is 12.1 Å². The first kappa shape index (κ1) is 14.4. The van der Waals surface area contributed by atoms with Crippen LogP contribution in [-0.2, 0) is 9.59 Å². The lowest BCUT2D eigenvalue weighted by Crippen LogP contribution is -2.59. The molecule has 2 amide bonds. The lowest BCUT2D eigenvalue weighted by Gasteiger charge is -2.39. The van der Waals surface area contributed by atoms with Gasteiger partial charge in [0.05, 0.1) is 0 Å². The first-order chi connectivity index (χ1) is 10.2. The maximum absolute atomic E-state index is 12.5. The molecular formula is C16H20N2O2S. The molecule has 4 nitrogen and oxygen atoms in total. The Morgan fingerprint density at radius 2 is 2.05 bits per heavy atom. The van der Waals surface area contributed by atoms with Crippen LogP contribution in [0.3, 0.4) is 0 Å². The molecule has 0 spiro atoms. The van der Waals surface area contributed by atoms with Gasteiger partial charge in [-0.2, -0.15) is 11.8 Å². The van der Waals surface area contributed by atoms with E-state index in [0.29, 0.717) is 11.8 Å². The van der Waals surface area contributed by atoms with E-state index in [1.165, 1.54) is 6.42 Å². The third kappa shape index (κ3) is 2.93. The second-order valence-corrected chi connectivity index (χ2v) is 7.08. The molecule has 0 aliphatic carbocycles. The summed E-state index contributed by atoms with van der Waals surface area (Å²) in [6, 6.07) is 8.66. The molecule has 1 aromatic rings. The van der Waals surface area contributed by atoms with Crippen LogP contribution in [0.5, 0.6) is 0 Å². The summed E-state index contributed by atoms with van der Waals surface area (Å²) in [5.74, 6) is 1.11. The van der Waals surface area contributed by atoms with E-state index in [4.69, 9.17) is 0 Å². The van der Waals surface area contributed by atoms with E-state index in [1.54, 1.807) is 11.8 Å². The van der Waals surface area contributed by atoms with E-state index in [2.05, 4.69) is 5.32 Å². The highest BCUT2D eigenvalue weighted by Gasteiger charge is 2.40. The second-order valence-electron chi connectivity index (χ2n) is 5.67. The van der Waals surface area contributed by atoms with E-state index in [9.17, 15) is 9.59 Å². The van der Waals surface area contributed by atoms with E-state index in [0.717, 1.165) is 17.7 Å². The van der Waals surface area contributed by atoms with Crippen LogP contribution < -0.4 is 5.32 Å². The first-order valence-electron chi connectivity index (χ1n) is 7.44. The molecule has 3 atom stereocenters. The smallest absolute Gasteiger partial charge is 0.248 e. The summed E-state index contributed by atoms with van der Waals surface area (Å²) in [5.41, 5.74) is 0.887. The molecule has 0 bridgehead atoms. The molecule has 2 aliphatic rings. The van der Waals surface area contributed by atoms with Crippen molar-refractivity contribution in [1.82, 2.24) is 10.2 Å². The van der Waals surface area contributed by atoms with E-state index in [-0.39, 0.29) is 11.8 Å². The summed E-state index contributed by atoms with van der Waals surface area (Å²) in [4.78, 5) is 26.7. The minimum atomic E-state index is -0.490. The molecule has 0 saturated carbocycles. The van der Waals surface area contributed by atoms with Gasteiger partial charge in [-0.25, -0.2) is 0 Å². The molecule has 0 radical (unpaired) electrons. The number of carbonyl (C=O) groups excluding carboxylic acids is 2. The number of carbonyl (C=O) groups is 2. The molecule has 2 heterocycles. The van der Waals surface area contributed by atoms with Crippen LogP contribution in [0.2, 0.25) is 0 Å². The molecule has 21 heavy (non-hydrogen) atoms. The van der Waals surface area contributed by atoms with Crippen LogP contribution in [-0.4, -0.2) is 40.3 Å². The fourth-order valence-corrected chi connectivity index (χ4v) is 4.31. The summed E-state index contributed by atoms with van der Waals surface area (Å²) in [6.07, 6.45) is 2.33. The van der Waals surface area contributed by atoms with Gasteiger partial charge >= 0.3 is 0 Å². The highest BCUT2D eigenvalue weighted by molar-refractivity contribution is 8.00. The third-order valence-corrected chi connectivity index (χ3v) is 5.49. The summed E-state index contributed by atoms with van der Waals surface area (Å²) in [5, 5.41) is 3.25. The normalized spacial score (nSPS) is 29.6. The quantitative estimate of drug-likeness (QED) is 0.929. The summed E-state index contributed by atoms with van der Waals surface area (Å²) < 4.78 is 0. The average Bonchev–Trinajstić information content (AvgIpc) is 2.98. The van der Waals surface area contributed by atoms with Crippen molar-refractivity contribution in [3.8, 4) is 0 Å². The van der Waals surface area contributed by atoms with E-state index >= 15 is 0 Å². The largest absolute Gasteiger partial charge is 0.342 e. The van der Waals surface area contributed by atoms with Gasteiger partial charge in [0, 0.05) is 11.8 Å². The lowest BCUT2D eigenvalue weighted by atomic mass is 9.99. The number of hydrogen-bond donors (Lipinski definition) is 1.